The number of fused-ring (bicyclic) bond motifs is 2. The number of cyclic esters (lactones) is 1. The molecule has 2 saturated heterocycles. The molecular weight excluding hydrogens is 436 g/mol. The summed E-state index contributed by atoms with van der Waals surface area (Å²) >= 11 is 0. The van der Waals surface area contributed by atoms with Crippen LogP contribution in [0.25, 0.3) is 0 Å². The van der Waals surface area contributed by atoms with Crippen LogP contribution in [-0.2, 0) is 23.9 Å². The molecule has 1 unspecified atom stereocenters. The third kappa shape index (κ3) is 3.88. The summed E-state index contributed by atoms with van der Waals surface area (Å²) in [6.45, 7) is 6.95. The Morgan fingerprint density at radius 3 is 2.59 bits per heavy atom. The van der Waals surface area contributed by atoms with Crippen molar-refractivity contribution >= 4 is 17.8 Å². The highest BCUT2D eigenvalue weighted by Crippen LogP contribution is 2.58. The van der Waals surface area contributed by atoms with Crippen LogP contribution in [0.1, 0.15) is 59.3 Å². The molecule has 5 atom stereocenters. The van der Waals surface area contributed by atoms with Gasteiger partial charge in [-0.3, -0.25) is 14.4 Å². The monoisotopic (exact) mass is 474 g/mol. The second-order valence-electron chi connectivity index (χ2n) is 10.1. The second kappa shape index (κ2) is 9.82. The van der Waals surface area contributed by atoms with E-state index in [0.29, 0.717) is 39.0 Å². The molecule has 4 rings (SSSR count). The van der Waals surface area contributed by atoms with Crippen molar-refractivity contribution in [2.24, 2.45) is 11.8 Å². The Labute approximate surface area is 201 Å². The van der Waals surface area contributed by atoms with E-state index in [9.17, 15) is 19.5 Å². The molecule has 0 aromatic rings. The molecule has 0 aliphatic carbocycles. The van der Waals surface area contributed by atoms with Crippen molar-refractivity contribution in [3.05, 3.63) is 24.3 Å². The summed E-state index contributed by atoms with van der Waals surface area (Å²) in [5.41, 5.74) is -2.25. The predicted octanol–water partition coefficient (Wildman–Crippen LogP) is 2.21. The first kappa shape index (κ1) is 24.9. The number of hydrogen-bond donors (Lipinski definition) is 1. The van der Waals surface area contributed by atoms with Gasteiger partial charge in [-0.1, -0.05) is 31.2 Å². The summed E-state index contributed by atoms with van der Waals surface area (Å²) in [4.78, 5) is 44.8. The van der Waals surface area contributed by atoms with Crippen molar-refractivity contribution in [2.45, 2.75) is 82.6 Å². The van der Waals surface area contributed by atoms with E-state index >= 15 is 0 Å². The minimum atomic E-state index is -1.24. The molecule has 1 N–H and O–H groups in total. The first-order valence-corrected chi connectivity index (χ1v) is 12.8. The lowest BCUT2D eigenvalue weighted by atomic mass is 9.73. The van der Waals surface area contributed by atoms with E-state index in [0.717, 1.165) is 19.3 Å². The molecule has 0 aromatic carbocycles. The van der Waals surface area contributed by atoms with E-state index in [4.69, 9.17) is 9.47 Å². The van der Waals surface area contributed by atoms with Gasteiger partial charge in [0.05, 0.1) is 12.5 Å². The van der Waals surface area contributed by atoms with E-state index in [2.05, 4.69) is 0 Å². The lowest BCUT2D eigenvalue weighted by Crippen LogP contribution is -2.57. The Morgan fingerprint density at radius 2 is 1.88 bits per heavy atom. The number of nitrogens with zero attached hydrogens (tertiary/aromatic N) is 2. The van der Waals surface area contributed by atoms with Crippen LogP contribution < -0.4 is 0 Å². The van der Waals surface area contributed by atoms with Crippen LogP contribution in [-0.4, -0.2) is 82.3 Å². The maximum absolute atomic E-state index is 14.0. The van der Waals surface area contributed by atoms with Gasteiger partial charge in [0.25, 0.3) is 0 Å². The van der Waals surface area contributed by atoms with Crippen LogP contribution >= 0.6 is 0 Å². The second-order valence-corrected chi connectivity index (χ2v) is 10.1. The van der Waals surface area contributed by atoms with Crippen molar-refractivity contribution in [1.82, 2.24) is 9.80 Å². The van der Waals surface area contributed by atoms with Gasteiger partial charge >= 0.3 is 5.97 Å². The lowest BCUT2D eigenvalue weighted by Gasteiger charge is -2.39. The Morgan fingerprint density at radius 1 is 1.09 bits per heavy atom. The van der Waals surface area contributed by atoms with Gasteiger partial charge in [-0.05, 0) is 52.4 Å². The van der Waals surface area contributed by atoms with Crippen LogP contribution in [0.3, 0.4) is 0 Å². The number of aliphatic hydroxyl groups is 1. The SMILES string of the molecule is CC[C@@]12/C=C\CCCCOC(=O)[C@@H]1[C@H]1C(=O)N(CCCCO)C3C(=O)N(C(C)C)CC=C[C@@]31O2. The summed E-state index contributed by atoms with van der Waals surface area (Å²) in [5.74, 6) is -2.49. The van der Waals surface area contributed by atoms with Crippen LogP contribution in [0.15, 0.2) is 24.3 Å². The molecule has 4 heterocycles. The average molecular weight is 475 g/mol. The van der Waals surface area contributed by atoms with Crippen molar-refractivity contribution in [2.75, 3.05) is 26.3 Å². The normalized spacial score (nSPS) is 36.7. The van der Waals surface area contributed by atoms with Gasteiger partial charge in [-0.2, -0.15) is 0 Å². The fraction of sp³-hybridized carbons (Fsp3) is 0.731. The topological polar surface area (TPSA) is 96.4 Å². The summed E-state index contributed by atoms with van der Waals surface area (Å²) < 4.78 is 12.5. The number of rotatable bonds is 6. The van der Waals surface area contributed by atoms with Gasteiger partial charge < -0.3 is 24.4 Å². The molecule has 188 valence electrons. The van der Waals surface area contributed by atoms with Crippen molar-refractivity contribution in [3.8, 4) is 0 Å². The van der Waals surface area contributed by atoms with Crippen molar-refractivity contribution < 1.29 is 29.0 Å². The molecular formula is C26H38N2O6. The number of unbranched alkanes of at least 4 members (excludes halogenated alkanes) is 1. The maximum atomic E-state index is 14.0. The molecule has 8 heteroatoms. The molecule has 0 aromatic heterocycles. The van der Waals surface area contributed by atoms with Crippen molar-refractivity contribution in [3.63, 3.8) is 0 Å². The number of esters is 1. The van der Waals surface area contributed by atoms with Crippen LogP contribution in [0.4, 0.5) is 0 Å². The minimum Gasteiger partial charge on any atom is -0.465 e. The number of aliphatic hydroxyl groups excluding tert-OH is 1. The van der Waals surface area contributed by atoms with Crippen molar-refractivity contribution in [1.29, 1.82) is 0 Å². The molecule has 2 fully saturated rings. The van der Waals surface area contributed by atoms with Crippen LogP contribution in [0.2, 0.25) is 0 Å². The number of carbonyl (C=O) groups excluding carboxylic acids is 3. The Bertz CT molecular complexity index is 869. The first-order valence-electron chi connectivity index (χ1n) is 12.8. The van der Waals surface area contributed by atoms with Gasteiger partial charge in [0, 0.05) is 25.7 Å². The van der Waals surface area contributed by atoms with E-state index < -0.39 is 35.0 Å². The van der Waals surface area contributed by atoms with Gasteiger partial charge in [-0.25, -0.2) is 0 Å². The smallest absolute Gasteiger partial charge is 0.313 e. The van der Waals surface area contributed by atoms with Gasteiger partial charge in [0.1, 0.15) is 23.2 Å². The molecule has 4 aliphatic rings. The van der Waals surface area contributed by atoms with Crippen LogP contribution in [0, 0.1) is 11.8 Å². The summed E-state index contributed by atoms with van der Waals surface area (Å²) in [7, 11) is 0. The molecule has 34 heavy (non-hydrogen) atoms. The number of hydrogen-bond acceptors (Lipinski definition) is 6. The molecule has 0 saturated carbocycles. The molecule has 4 aliphatic heterocycles. The van der Waals surface area contributed by atoms with E-state index in [1.54, 1.807) is 9.80 Å². The van der Waals surface area contributed by atoms with E-state index in [1.807, 2.05) is 45.1 Å². The number of amides is 2. The average Bonchev–Trinajstić information content (AvgIpc) is 3.15. The molecule has 2 amide bonds. The Hall–Kier alpha value is -2.19. The zero-order valence-electron chi connectivity index (χ0n) is 20.6. The van der Waals surface area contributed by atoms with E-state index in [-0.39, 0.29) is 24.5 Å². The first-order chi connectivity index (χ1) is 16.3. The molecule has 0 bridgehead atoms. The van der Waals surface area contributed by atoms with Gasteiger partial charge in [0.2, 0.25) is 11.8 Å². The highest BCUT2D eigenvalue weighted by atomic mass is 16.6. The minimum absolute atomic E-state index is 0.0163. The number of likely N-dealkylation sites (tertiary alicyclic amines) is 1. The Kier molecular flexibility index (Phi) is 7.20. The third-order valence-electron chi connectivity index (χ3n) is 7.84. The zero-order valence-corrected chi connectivity index (χ0v) is 20.6. The molecule has 8 nitrogen and oxygen atoms in total. The summed E-state index contributed by atoms with van der Waals surface area (Å²) in [6, 6.07) is -0.903. The van der Waals surface area contributed by atoms with Gasteiger partial charge in [0.15, 0.2) is 0 Å². The quantitative estimate of drug-likeness (QED) is 0.360. The highest BCUT2D eigenvalue weighted by molar-refractivity contribution is 5.99. The standard InChI is InChI=1S/C26H38N2O6/c1-4-25-12-7-5-6-10-17-33-24(32)20(25)19-22(30)28(14-8-9-16-29)21-23(31)27(18(2)3)15-11-13-26(19,21)34-25/h7,11-13,18-21,29H,4-6,8-10,14-17H2,1-3H3/b12-7-/t19-,20-,21?,25+,26-/m0/s1. The lowest BCUT2D eigenvalue weighted by molar-refractivity contribution is -0.161. The fourth-order valence-corrected chi connectivity index (χ4v) is 6.15. The summed E-state index contributed by atoms with van der Waals surface area (Å²) in [6.07, 6.45) is 11.9. The largest absolute Gasteiger partial charge is 0.465 e. The van der Waals surface area contributed by atoms with Crippen LogP contribution in [0.5, 0.6) is 0 Å². The fourth-order valence-electron chi connectivity index (χ4n) is 6.15. The highest BCUT2D eigenvalue weighted by Gasteiger charge is 2.75. The van der Waals surface area contributed by atoms with Gasteiger partial charge in [-0.15, -0.1) is 0 Å². The zero-order chi connectivity index (χ0) is 24.5. The van der Waals surface area contributed by atoms with E-state index in [1.165, 1.54) is 0 Å². The maximum Gasteiger partial charge on any atom is 0.313 e. The number of allylic oxidation sites excluding steroid dienone is 1. The Balaban J connectivity index is 1.86. The molecule has 0 radical (unpaired) electrons. The summed E-state index contributed by atoms with van der Waals surface area (Å²) in [5, 5.41) is 9.29. The predicted molar refractivity (Wildman–Crippen MR) is 126 cm³/mol. The number of carbonyl (C=O) groups is 3. The number of ether oxygens (including phenoxy) is 2. The molecule has 1 spiro atoms. The third-order valence-corrected chi connectivity index (χ3v) is 7.84.